The molecule has 8 heteroatoms. The molecule has 7 nitrogen and oxygen atoms in total. The Morgan fingerprint density at radius 2 is 2.26 bits per heavy atom. The van der Waals surface area contributed by atoms with Crippen molar-refractivity contribution < 1.29 is 9.59 Å². The smallest absolute Gasteiger partial charge is 0.241 e. The third-order valence-electron chi connectivity index (χ3n) is 4.28. The van der Waals surface area contributed by atoms with E-state index in [9.17, 15) is 9.59 Å². The first-order valence-corrected chi connectivity index (χ1v) is 7.89. The lowest BCUT2D eigenvalue weighted by molar-refractivity contribution is -0.125. The molecule has 2 heterocycles. The molecule has 1 aromatic heterocycles. The van der Waals surface area contributed by atoms with Crippen LogP contribution < -0.4 is 16.0 Å². The molecule has 0 radical (unpaired) electrons. The first kappa shape index (κ1) is 17.7. The summed E-state index contributed by atoms with van der Waals surface area (Å²) in [5, 5.41) is 13.2. The quantitative estimate of drug-likeness (QED) is 0.743. The van der Waals surface area contributed by atoms with Crippen LogP contribution in [0.3, 0.4) is 0 Å². The molecule has 2 amide bonds. The van der Waals surface area contributed by atoms with Crippen molar-refractivity contribution in [1.82, 2.24) is 20.4 Å². The van der Waals surface area contributed by atoms with Gasteiger partial charge < -0.3 is 16.0 Å². The highest BCUT2D eigenvalue weighted by Gasteiger charge is 2.34. The molecule has 3 N–H and O–H groups in total. The second kappa shape index (κ2) is 7.31. The zero-order chi connectivity index (χ0) is 15.6. The number of nitrogens with zero attached hydrogens (tertiary/aromatic N) is 2. The molecule has 2 fully saturated rings. The molecule has 1 atom stereocenters. The first-order chi connectivity index (χ1) is 10.5. The van der Waals surface area contributed by atoms with Gasteiger partial charge in [0.25, 0.3) is 0 Å². The van der Waals surface area contributed by atoms with Gasteiger partial charge in [-0.3, -0.25) is 14.3 Å². The standard InChI is InChI=1S/C15H23N5O2.ClH/c1-15(5-2-6-16-10-15)14(22)19-12-7-17-20(8-12)9-13(21)18-11-3-4-11;/h7-8,11,16H,2-6,9-10H2,1H3,(H,18,21)(H,19,22);1H. The van der Waals surface area contributed by atoms with E-state index in [1.54, 1.807) is 17.1 Å². The van der Waals surface area contributed by atoms with Crippen molar-refractivity contribution in [2.75, 3.05) is 18.4 Å². The number of carbonyl (C=O) groups excluding carboxylic acids is 2. The zero-order valence-corrected chi connectivity index (χ0v) is 14.1. The van der Waals surface area contributed by atoms with Crippen LogP contribution in [0.2, 0.25) is 0 Å². The van der Waals surface area contributed by atoms with Crippen LogP contribution in [0.15, 0.2) is 12.4 Å². The van der Waals surface area contributed by atoms with E-state index in [2.05, 4.69) is 21.0 Å². The minimum atomic E-state index is -0.385. The molecular formula is C15H24ClN5O2. The maximum Gasteiger partial charge on any atom is 0.241 e. The Kier molecular flexibility index (Phi) is 5.64. The predicted octanol–water partition coefficient (Wildman–Crippen LogP) is 0.912. The number of carbonyl (C=O) groups is 2. The van der Waals surface area contributed by atoms with Crippen molar-refractivity contribution >= 4 is 29.9 Å². The first-order valence-electron chi connectivity index (χ1n) is 7.89. The van der Waals surface area contributed by atoms with Crippen LogP contribution in [0.5, 0.6) is 0 Å². The number of halogens is 1. The van der Waals surface area contributed by atoms with Gasteiger partial charge in [0.2, 0.25) is 11.8 Å². The van der Waals surface area contributed by atoms with E-state index in [0.717, 1.165) is 32.2 Å². The third kappa shape index (κ3) is 4.68. The second-order valence-electron chi connectivity index (χ2n) is 6.56. The largest absolute Gasteiger partial charge is 0.352 e. The van der Waals surface area contributed by atoms with Gasteiger partial charge in [0.1, 0.15) is 6.54 Å². The van der Waals surface area contributed by atoms with Gasteiger partial charge in [0, 0.05) is 18.8 Å². The lowest BCUT2D eigenvalue weighted by atomic mass is 9.82. The highest BCUT2D eigenvalue weighted by molar-refractivity contribution is 5.95. The third-order valence-corrected chi connectivity index (χ3v) is 4.28. The van der Waals surface area contributed by atoms with Crippen LogP contribution in [0.1, 0.15) is 32.6 Å². The van der Waals surface area contributed by atoms with Crippen LogP contribution in [0.25, 0.3) is 0 Å². The minimum absolute atomic E-state index is 0. The van der Waals surface area contributed by atoms with Gasteiger partial charge in [0.15, 0.2) is 0 Å². The molecule has 1 saturated carbocycles. The van der Waals surface area contributed by atoms with Crippen molar-refractivity contribution in [1.29, 1.82) is 0 Å². The summed E-state index contributed by atoms with van der Waals surface area (Å²) in [4.78, 5) is 24.1. The number of rotatable bonds is 5. The SMILES string of the molecule is CC1(C(=O)Nc2cnn(CC(=O)NC3CC3)c2)CCCNC1.Cl. The molecule has 128 valence electrons. The summed E-state index contributed by atoms with van der Waals surface area (Å²) in [6.45, 7) is 3.82. The summed E-state index contributed by atoms with van der Waals surface area (Å²) >= 11 is 0. The summed E-state index contributed by atoms with van der Waals surface area (Å²) in [5.41, 5.74) is 0.250. The Morgan fingerprint density at radius 3 is 2.91 bits per heavy atom. The van der Waals surface area contributed by atoms with E-state index in [4.69, 9.17) is 0 Å². The highest BCUT2D eigenvalue weighted by Crippen LogP contribution is 2.27. The van der Waals surface area contributed by atoms with E-state index in [0.29, 0.717) is 18.3 Å². The van der Waals surface area contributed by atoms with Crippen molar-refractivity contribution in [2.45, 2.75) is 45.2 Å². The van der Waals surface area contributed by atoms with Crippen LogP contribution in [0.4, 0.5) is 5.69 Å². The molecule has 1 aliphatic heterocycles. The minimum Gasteiger partial charge on any atom is -0.352 e. The van der Waals surface area contributed by atoms with Gasteiger partial charge in [-0.05, 0) is 39.2 Å². The van der Waals surface area contributed by atoms with Crippen molar-refractivity contribution in [2.24, 2.45) is 5.41 Å². The van der Waals surface area contributed by atoms with Gasteiger partial charge >= 0.3 is 0 Å². The van der Waals surface area contributed by atoms with Gasteiger partial charge in [0.05, 0.1) is 17.3 Å². The molecule has 0 aromatic carbocycles. The number of hydrogen-bond acceptors (Lipinski definition) is 4. The molecule has 1 saturated heterocycles. The lowest BCUT2D eigenvalue weighted by Crippen LogP contribution is -2.45. The molecule has 0 bridgehead atoms. The van der Waals surface area contributed by atoms with Gasteiger partial charge in [-0.2, -0.15) is 5.10 Å². The molecule has 0 spiro atoms. The Balaban J connectivity index is 0.00000192. The van der Waals surface area contributed by atoms with E-state index in [1.165, 1.54) is 0 Å². The summed E-state index contributed by atoms with van der Waals surface area (Å²) in [7, 11) is 0. The van der Waals surface area contributed by atoms with Crippen LogP contribution in [-0.4, -0.2) is 40.7 Å². The second-order valence-corrected chi connectivity index (χ2v) is 6.56. The van der Waals surface area contributed by atoms with E-state index in [1.807, 2.05) is 6.92 Å². The summed E-state index contributed by atoms with van der Waals surface area (Å²) in [5.74, 6) is -0.0337. The zero-order valence-electron chi connectivity index (χ0n) is 13.3. The number of nitrogens with one attached hydrogen (secondary N) is 3. The fourth-order valence-electron chi connectivity index (χ4n) is 2.69. The maximum absolute atomic E-state index is 12.4. The molecule has 1 aromatic rings. The molecule has 1 aliphatic carbocycles. The van der Waals surface area contributed by atoms with Crippen LogP contribution in [-0.2, 0) is 16.1 Å². The highest BCUT2D eigenvalue weighted by atomic mass is 35.5. The summed E-state index contributed by atoms with van der Waals surface area (Å²) in [6, 6.07) is 0.348. The van der Waals surface area contributed by atoms with Gasteiger partial charge in [-0.1, -0.05) is 0 Å². The molecule has 23 heavy (non-hydrogen) atoms. The monoisotopic (exact) mass is 341 g/mol. The molecule has 3 rings (SSSR count). The van der Waals surface area contributed by atoms with Crippen LogP contribution >= 0.6 is 12.4 Å². The van der Waals surface area contributed by atoms with Gasteiger partial charge in [-0.15, -0.1) is 12.4 Å². The number of piperidine rings is 1. The summed E-state index contributed by atoms with van der Waals surface area (Å²) in [6.07, 6.45) is 7.30. The van der Waals surface area contributed by atoms with Crippen molar-refractivity contribution in [3.63, 3.8) is 0 Å². The van der Waals surface area contributed by atoms with Crippen molar-refractivity contribution in [3.05, 3.63) is 12.4 Å². The Labute approximate surface area is 142 Å². The lowest BCUT2D eigenvalue weighted by Gasteiger charge is -2.32. The Hall–Kier alpha value is -1.60. The predicted molar refractivity (Wildman–Crippen MR) is 89.5 cm³/mol. The average molecular weight is 342 g/mol. The summed E-state index contributed by atoms with van der Waals surface area (Å²) < 4.78 is 1.55. The number of hydrogen-bond donors (Lipinski definition) is 3. The number of amides is 2. The molecular weight excluding hydrogens is 318 g/mol. The normalized spacial score (nSPS) is 23.7. The van der Waals surface area contributed by atoms with Crippen LogP contribution in [0, 0.1) is 5.41 Å². The average Bonchev–Trinajstić information content (AvgIpc) is 3.18. The van der Waals surface area contributed by atoms with Gasteiger partial charge in [-0.25, -0.2) is 0 Å². The Bertz CT molecular complexity index is 564. The topological polar surface area (TPSA) is 88.0 Å². The Morgan fingerprint density at radius 1 is 1.48 bits per heavy atom. The number of anilines is 1. The van der Waals surface area contributed by atoms with E-state index >= 15 is 0 Å². The fourth-order valence-corrected chi connectivity index (χ4v) is 2.69. The number of aromatic nitrogens is 2. The maximum atomic E-state index is 12.4. The fraction of sp³-hybridized carbons (Fsp3) is 0.667. The van der Waals surface area contributed by atoms with E-state index < -0.39 is 0 Å². The van der Waals surface area contributed by atoms with Crippen molar-refractivity contribution in [3.8, 4) is 0 Å². The van der Waals surface area contributed by atoms with E-state index in [-0.39, 0.29) is 36.2 Å². The molecule has 2 aliphatic rings. The molecule has 1 unspecified atom stereocenters.